The maximum atomic E-state index is 12.3. The monoisotopic (exact) mass is 482 g/mol. The fourth-order valence-corrected chi connectivity index (χ4v) is 8.67. The van der Waals surface area contributed by atoms with Gasteiger partial charge in [-0.3, -0.25) is 0 Å². The number of nitrogens with zero attached hydrogens (tertiary/aromatic N) is 4. The van der Waals surface area contributed by atoms with Crippen LogP contribution < -0.4 is 21.5 Å². The number of aliphatic hydroxyl groups is 1. The summed E-state index contributed by atoms with van der Waals surface area (Å²) in [5.74, 6) is 3.52. The summed E-state index contributed by atoms with van der Waals surface area (Å²) in [5, 5.41) is 28.0. The molecule has 5 N–H and O–H groups in total. The Balaban J connectivity index is 1.15. The van der Waals surface area contributed by atoms with Gasteiger partial charge in [0, 0.05) is 36.3 Å². The van der Waals surface area contributed by atoms with Crippen LogP contribution in [0.2, 0.25) is 0 Å². The minimum Gasteiger partial charge on any atom is -0.389 e. The lowest BCUT2D eigenvalue weighted by atomic mass is 9.43. The van der Waals surface area contributed by atoms with Crippen molar-refractivity contribution < 1.29 is 5.11 Å². The predicted molar refractivity (Wildman–Crippen MR) is 139 cm³/mol. The van der Waals surface area contributed by atoms with E-state index in [4.69, 9.17) is 5.10 Å². The summed E-state index contributed by atoms with van der Waals surface area (Å²) in [6, 6.07) is 0. The fraction of sp³-hybridized carbons (Fsp3) is 0.846. The second-order valence-electron chi connectivity index (χ2n) is 12.2. The average Bonchev–Trinajstić information content (AvgIpc) is 3.60. The van der Waals surface area contributed by atoms with Crippen molar-refractivity contribution in [2.45, 2.75) is 77.2 Å². The lowest BCUT2D eigenvalue weighted by molar-refractivity contribution is -0.198. The van der Waals surface area contributed by atoms with Crippen LogP contribution in [0, 0.1) is 34.5 Å². The van der Waals surface area contributed by atoms with Crippen LogP contribution in [0.15, 0.2) is 20.2 Å². The molecule has 0 aromatic heterocycles. The van der Waals surface area contributed by atoms with Gasteiger partial charge in [-0.15, -0.1) is 0 Å². The topological polar surface area (TPSA) is 118 Å². The number of hydrazone groups is 2. The van der Waals surface area contributed by atoms with Crippen LogP contribution in [0.1, 0.15) is 71.6 Å². The van der Waals surface area contributed by atoms with Crippen molar-refractivity contribution in [2.24, 2.45) is 54.7 Å². The Morgan fingerprint density at radius 2 is 1.71 bits per heavy atom. The zero-order valence-corrected chi connectivity index (χ0v) is 21.3. The van der Waals surface area contributed by atoms with E-state index in [2.05, 4.69) is 56.6 Å². The Hall–Kier alpha value is -2.16. The van der Waals surface area contributed by atoms with Gasteiger partial charge in [0.25, 0.3) is 0 Å². The molecule has 6 rings (SSSR count). The number of guanidine groups is 2. The zero-order valence-electron chi connectivity index (χ0n) is 21.3. The minimum atomic E-state index is -0.591. The first kappa shape index (κ1) is 23.3. The van der Waals surface area contributed by atoms with Crippen LogP contribution in [0.3, 0.4) is 0 Å². The van der Waals surface area contributed by atoms with Crippen LogP contribution in [0.4, 0.5) is 0 Å². The third kappa shape index (κ3) is 3.76. The minimum absolute atomic E-state index is 0.104. The summed E-state index contributed by atoms with van der Waals surface area (Å²) in [4.78, 5) is 8.76. The molecular formula is C26H42N8O. The van der Waals surface area contributed by atoms with Crippen molar-refractivity contribution in [1.29, 1.82) is 0 Å². The van der Waals surface area contributed by atoms with Gasteiger partial charge in [0.2, 0.25) is 11.9 Å². The van der Waals surface area contributed by atoms with Crippen molar-refractivity contribution in [3.8, 4) is 0 Å². The van der Waals surface area contributed by atoms with Crippen molar-refractivity contribution in [3.63, 3.8) is 0 Å². The molecule has 0 unspecified atom stereocenters. The molecule has 9 heteroatoms. The predicted octanol–water partition coefficient (Wildman–Crippen LogP) is 2.20. The molecule has 4 fully saturated rings. The second-order valence-corrected chi connectivity index (χ2v) is 12.2. The molecule has 0 spiro atoms. The first-order valence-electron chi connectivity index (χ1n) is 13.8. The summed E-state index contributed by atoms with van der Waals surface area (Å²) in [7, 11) is 0. The Labute approximate surface area is 208 Å². The number of fused-ring (bicyclic) bond motifs is 5. The maximum Gasteiger partial charge on any atom is 0.212 e. The SMILES string of the molecule is C[C@]12CC/C(=N/NC3=NCCN3)C[C@H]1CC[C@@H]1[C@@H]2CC[C@]2(C)[C@@H](/C=N/NC3=NCCN3)CC[C@]12O. The van der Waals surface area contributed by atoms with Crippen molar-refractivity contribution in [1.82, 2.24) is 21.5 Å². The van der Waals surface area contributed by atoms with Crippen LogP contribution in [0.5, 0.6) is 0 Å². The second kappa shape index (κ2) is 8.75. The molecule has 0 saturated heterocycles. The summed E-state index contributed by atoms with van der Waals surface area (Å²) in [5.41, 5.74) is 7.10. The highest BCUT2D eigenvalue weighted by molar-refractivity contribution is 5.88. The first-order chi connectivity index (χ1) is 16.9. The van der Waals surface area contributed by atoms with Crippen LogP contribution in [-0.2, 0) is 0 Å². The van der Waals surface area contributed by atoms with E-state index >= 15 is 0 Å². The number of rotatable bonds is 3. The molecule has 9 nitrogen and oxygen atoms in total. The molecule has 4 aliphatic carbocycles. The van der Waals surface area contributed by atoms with Gasteiger partial charge in [-0.2, -0.15) is 10.2 Å². The largest absolute Gasteiger partial charge is 0.389 e. The van der Waals surface area contributed by atoms with Crippen LogP contribution in [0.25, 0.3) is 0 Å². The van der Waals surface area contributed by atoms with E-state index in [0.717, 1.165) is 76.6 Å². The molecule has 2 aliphatic heterocycles. The number of hydrogen-bond acceptors (Lipinski definition) is 9. The highest BCUT2D eigenvalue weighted by Crippen LogP contribution is 2.68. The van der Waals surface area contributed by atoms with E-state index in [-0.39, 0.29) is 5.41 Å². The Morgan fingerprint density at radius 1 is 0.943 bits per heavy atom. The molecule has 4 saturated carbocycles. The lowest BCUT2D eigenvalue weighted by Crippen LogP contribution is -2.62. The molecule has 0 amide bonds. The van der Waals surface area contributed by atoms with E-state index in [1.807, 2.05) is 0 Å². The standard InChI is InChI=1S/C26H42N8O/c1-24-8-6-19(32-34-23-29-13-14-30-23)15-17(24)3-4-21-20(24)7-9-25(2)18(5-10-26(21,25)35)16-31-33-22-27-11-12-28-22/h16-18,20-21,35H,3-15H2,1-2H3,(H2,27,28,33)(H2,29,30,34)/b31-16+,32-19-/t17-,18-,20+,21-,24+,25-,26+/m1/s1. The average molecular weight is 483 g/mol. The summed E-state index contributed by atoms with van der Waals surface area (Å²) in [6.45, 7) is 8.27. The van der Waals surface area contributed by atoms with Gasteiger partial charge >= 0.3 is 0 Å². The van der Waals surface area contributed by atoms with Crippen LogP contribution in [-0.4, -0.2) is 60.7 Å². The third-order valence-corrected chi connectivity index (χ3v) is 10.9. The van der Waals surface area contributed by atoms with E-state index in [1.54, 1.807) is 0 Å². The van der Waals surface area contributed by atoms with Gasteiger partial charge in [0.1, 0.15) is 0 Å². The smallest absolute Gasteiger partial charge is 0.212 e. The lowest BCUT2D eigenvalue weighted by Gasteiger charge is -2.63. The van der Waals surface area contributed by atoms with Gasteiger partial charge in [0.15, 0.2) is 0 Å². The molecule has 7 atom stereocenters. The Morgan fingerprint density at radius 3 is 2.46 bits per heavy atom. The molecule has 192 valence electrons. The summed E-state index contributed by atoms with van der Waals surface area (Å²) < 4.78 is 0. The van der Waals surface area contributed by atoms with E-state index < -0.39 is 5.60 Å². The zero-order chi connectivity index (χ0) is 24.1. The fourth-order valence-electron chi connectivity index (χ4n) is 8.67. The molecule has 0 aromatic rings. The number of hydrogen-bond donors (Lipinski definition) is 5. The molecule has 2 heterocycles. The molecule has 0 aromatic carbocycles. The van der Waals surface area contributed by atoms with Crippen molar-refractivity contribution in [2.75, 3.05) is 26.2 Å². The van der Waals surface area contributed by atoms with E-state index in [1.165, 1.54) is 25.0 Å². The van der Waals surface area contributed by atoms with E-state index in [9.17, 15) is 5.11 Å². The molecule has 0 radical (unpaired) electrons. The van der Waals surface area contributed by atoms with Gasteiger partial charge in [-0.1, -0.05) is 13.8 Å². The Kier molecular flexibility index (Phi) is 5.81. The number of nitrogens with one attached hydrogen (secondary N) is 4. The molecule has 6 aliphatic rings. The quantitative estimate of drug-likeness (QED) is 0.312. The van der Waals surface area contributed by atoms with Crippen molar-refractivity contribution >= 4 is 23.8 Å². The highest BCUT2D eigenvalue weighted by Gasteiger charge is 2.66. The summed E-state index contributed by atoms with van der Waals surface area (Å²) >= 11 is 0. The number of aliphatic imine (C=N–C) groups is 2. The third-order valence-electron chi connectivity index (χ3n) is 10.9. The first-order valence-corrected chi connectivity index (χ1v) is 13.8. The van der Waals surface area contributed by atoms with E-state index in [0.29, 0.717) is 29.1 Å². The highest BCUT2D eigenvalue weighted by atomic mass is 16.3. The van der Waals surface area contributed by atoms with Gasteiger partial charge in [-0.25, -0.2) is 20.8 Å². The van der Waals surface area contributed by atoms with Gasteiger partial charge in [0.05, 0.1) is 18.7 Å². The molecule has 35 heavy (non-hydrogen) atoms. The van der Waals surface area contributed by atoms with Crippen LogP contribution >= 0.6 is 0 Å². The summed E-state index contributed by atoms with van der Waals surface area (Å²) in [6.07, 6.45) is 11.9. The Bertz CT molecular complexity index is 961. The molecule has 0 bridgehead atoms. The normalized spacial score (nSPS) is 45.7. The maximum absolute atomic E-state index is 12.3. The van der Waals surface area contributed by atoms with Gasteiger partial charge < -0.3 is 15.7 Å². The molecular weight excluding hydrogens is 440 g/mol. The van der Waals surface area contributed by atoms with Gasteiger partial charge in [-0.05, 0) is 81.0 Å². The van der Waals surface area contributed by atoms with Crippen molar-refractivity contribution in [3.05, 3.63) is 0 Å².